The predicted molar refractivity (Wildman–Crippen MR) is 134 cm³/mol. The van der Waals surface area contributed by atoms with Gasteiger partial charge in [-0.1, -0.05) is 12.2 Å². The second kappa shape index (κ2) is 9.97. The van der Waals surface area contributed by atoms with Gasteiger partial charge in [-0.2, -0.15) is 0 Å². The summed E-state index contributed by atoms with van der Waals surface area (Å²) in [4.78, 5) is 11.7. The third kappa shape index (κ3) is 4.91. The number of rotatable bonds is 4. The smallest absolute Gasteiger partial charge is 0.227 e. The van der Waals surface area contributed by atoms with Gasteiger partial charge in [0.1, 0.15) is 12.4 Å². The molecule has 4 aliphatic rings. The molecule has 2 unspecified atom stereocenters. The van der Waals surface area contributed by atoms with Crippen molar-refractivity contribution in [1.29, 1.82) is 0 Å². The van der Waals surface area contributed by atoms with E-state index in [9.17, 15) is 0 Å². The highest BCUT2D eigenvalue weighted by Crippen LogP contribution is 2.62. The standard InChI is InChI=1S/C27H32N4O4.H2/c1-2-10-31(9-1)11-14-34-24-6-5-22-15-20(24)17-32-12-3-4-13-33-18-21-19-35-27(16-23(21)27)25-7-8-28-26(29-22)30-25;/h3-8,15,19,23H,1-2,9-14,16-18H2,(H,28,29,30);1H/b4-3+;. The van der Waals surface area contributed by atoms with Gasteiger partial charge < -0.3 is 24.3 Å². The Labute approximate surface area is 207 Å². The first-order chi connectivity index (χ1) is 17.3. The summed E-state index contributed by atoms with van der Waals surface area (Å²) >= 11 is 0. The van der Waals surface area contributed by atoms with E-state index < -0.39 is 0 Å². The molecule has 1 aromatic carbocycles. The van der Waals surface area contributed by atoms with Gasteiger partial charge in [0, 0.05) is 37.8 Å². The molecular weight excluding hydrogens is 444 g/mol. The Morgan fingerprint density at radius 1 is 1.11 bits per heavy atom. The molecule has 8 heteroatoms. The number of nitrogens with zero attached hydrogens (tertiary/aromatic N) is 3. The van der Waals surface area contributed by atoms with Gasteiger partial charge in [-0.3, -0.25) is 4.90 Å². The molecule has 1 saturated carbocycles. The molecule has 1 N–H and O–H groups in total. The molecule has 4 heterocycles. The van der Waals surface area contributed by atoms with Gasteiger partial charge in [-0.05, 0) is 55.8 Å². The van der Waals surface area contributed by atoms with Crippen molar-refractivity contribution in [2.45, 2.75) is 31.5 Å². The average Bonchev–Trinajstić information content (AvgIpc) is 3.19. The van der Waals surface area contributed by atoms with Crippen molar-refractivity contribution >= 4 is 11.6 Å². The van der Waals surface area contributed by atoms with Crippen molar-refractivity contribution in [3.63, 3.8) is 0 Å². The van der Waals surface area contributed by atoms with E-state index in [1.165, 1.54) is 31.5 Å². The number of likely N-dealkylation sites (tertiary alicyclic amines) is 1. The molecule has 2 atom stereocenters. The summed E-state index contributed by atoms with van der Waals surface area (Å²) in [6, 6.07) is 8.01. The summed E-state index contributed by atoms with van der Waals surface area (Å²) in [5, 5.41) is 3.36. The van der Waals surface area contributed by atoms with E-state index in [0.717, 1.165) is 35.7 Å². The van der Waals surface area contributed by atoms with E-state index in [4.69, 9.17) is 23.9 Å². The number of fused-ring (bicyclic) bond motifs is 4. The lowest BCUT2D eigenvalue weighted by Crippen LogP contribution is -2.25. The SMILES string of the molecule is C1=C2COC/C=C/COCc3cc(ccc3OCCN3CCCC3)Nc3nccc(n3)C3(CC23)O1.[HH]. The largest absolute Gasteiger partial charge is 0.492 e. The van der Waals surface area contributed by atoms with Gasteiger partial charge in [0.05, 0.1) is 38.4 Å². The zero-order valence-electron chi connectivity index (χ0n) is 19.9. The number of ether oxygens (including phenoxy) is 4. The highest BCUT2D eigenvalue weighted by atomic mass is 16.5. The van der Waals surface area contributed by atoms with Crippen LogP contribution < -0.4 is 10.1 Å². The monoisotopic (exact) mass is 478 g/mol. The van der Waals surface area contributed by atoms with Gasteiger partial charge in [-0.15, -0.1) is 0 Å². The van der Waals surface area contributed by atoms with Gasteiger partial charge >= 0.3 is 0 Å². The summed E-state index contributed by atoms with van der Waals surface area (Å²) < 4.78 is 24.0. The molecule has 0 amide bonds. The van der Waals surface area contributed by atoms with Crippen LogP contribution in [-0.2, 0) is 26.4 Å². The number of nitrogens with one attached hydrogen (secondary N) is 1. The number of aromatic nitrogens is 2. The van der Waals surface area contributed by atoms with E-state index in [-0.39, 0.29) is 7.03 Å². The number of hydrogen-bond donors (Lipinski definition) is 1. The Morgan fingerprint density at radius 3 is 2.83 bits per heavy atom. The Balaban J connectivity index is 0.00000267. The van der Waals surface area contributed by atoms with E-state index in [1.54, 1.807) is 6.20 Å². The van der Waals surface area contributed by atoms with Gasteiger partial charge in [0.2, 0.25) is 5.95 Å². The van der Waals surface area contributed by atoms with Crippen LogP contribution in [0.3, 0.4) is 0 Å². The highest BCUT2D eigenvalue weighted by molar-refractivity contribution is 5.57. The summed E-state index contributed by atoms with van der Waals surface area (Å²) in [7, 11) is 0. The zero-order valence-corrected chi connectivity index (χ0v) is 19.9. The Morgan fingerprint density at radius 2 is 1.97 bits per heavy atom. The molecule has 8 nitrogen and oxygen atoms in total. The first-order valence-corrected chi connectivity index (χ1v) is 12.6. The van der Waals surface area contributed by atoms with Crippen LogP contribution >= 0.6 is 0 Å². The van der Waals surface area contributed by atoms with Crippen molar-refractivity contribution < 1.29 is 20.4 Å². The molecule has 1 aliphatic carbocycles. The molecule has 2 fully saturated rings. The third-order valence-electron chi connectivity index (χ3n) is 7.17. The van der Waals surface area contributed by atoms with E-state index in [1.807, 2.05) is 36.6 Å². The second-order valence-corrected chi connectivity index (χ2v) is 9.57. The number of benzene rings is 1. The minimum Gasteiger partial charge on any atom is -0.492 e. The maximum Gasteiger partial charge on any atom is 0.227 e. The van der Waals surface area contributed by atoms with Crippen LogP contribution in [-0.4, -0.2) is 60.9 Å². The lowest BCUT2D eigenvalue weighted by molar-refractivity contribution is 0.123. The molecule has 1 aromatic heterocycles. The molecule has 35 heavy (non-hydrogen) atoms. The zero-order chi connectivity index (χ0) is 23.5. The molecule has 0 radical (unpaired) electrons. The van der Waals surface area contributed by atoms with Crippen LogP contribution in [0.2, 0.25) is 0 Å². The van der Waals surface area contributed by atoms with Crippen LogP contribution in [0.1, 0.15) is 31.9 Å². The first-order valence-electron chi connectivity index (χ1n) is 12.6. The topological polar surface area (TPSA) is 78.0 Å². The minimum atomic E-state index is -0.370. The predicted octanol–water partition coefficient (Wildman–Crippen LogP) is 4.17. The lowest BCUT2D eigenvalue weighted by atomic mass is 10.1. The fourth-order valence-corrected chi connectivity index (χ4v) is 5.15. The number of hydrogen-bond acceptors (Lipinski definition) is 8. The van der Waals surface area contributed by atoms with E-state index in [2.05, 4.69) is 21.3 Å². The van der Waals surface area contributed by atoms with Gasteiger partial charge in [0.15, 0.2) is 5.60 Å². The van der Waals surface area contributed by atoms with Crippen molar-refractivity contribution in [3.05, 3.63) is 65.7 Å². The average molecular weight is 479 g/mol. The molecule has 1 saturated heterocycles. The number of anilines is 2. The normalized spacial score (nSPS) is 27.0. The molecular formula is C27H34N4O4. The maximum atomic E-state index is 6.17. The van der Waals surface area contributed by atoms with Crippen LogP contribution in [0.25, 0.3) is 0 Å². The summed E-state index contributed by atoms with van der Waals surface area (Å²) in [5.74, 6) is 1.72. The van der Waals surface area contributed by atoms with Crippen LogP contribution in [0, 0.1) is 5.92 Å². The van der Waals surface area contributed by atoms with Crippen molar-refractivity contribution in [3.8, 4) is 5.75 Å². The summed E-state index contributed by atoms with van der Waals surface area (Å²) in [6.45, 7) is 6.03. The van der Waals surface area contributed by atoms with Crippen molar-refractivity contribution in [2.75, 3.05) is 51.4 Å². The molecule has 3 aliphatic heterocycles. The van der Waals surface area contributed by atoms with Crippen LogP contribution in [0.15, 0.2) is 54.4 Å². The summed E-state index contributed by atoms with van der Waals surface area (Å²) in [5.41, 5.74) is 3.61. The van der Waals surface area contributed by atoms with Crippen LogP contribution in [0.4, 0.5) is 11.6 Å². The highest BCUT2D eigenvalue weighted by Gasteiger charge is 2.63. The lowest BCUT2D eigenvalue weighted by Gasteiger charge is -2.18. The van der Waals surface area contributed by atoms with Crippen molar-refractivity contribution in [1.82, 2.24) is 14.9 Å². The Kier molecular flexibility index (Phi) is 6.41. The fourth-order valence-electron chi connectivity index (χ4n) is 5.15. The molecule has 6 rings (SSSR count). The summed E-state index contributed by atoms with van der Waals surface area (Å²) in [6.07, 6.45) is 11.1. The second-order valence-electron chi connectivity index (χ2n) is 9.57. The molecule has 186 valence electrons. The molecule has 2 aromatic rings. The van der Waals surface area contributed by atoms with Crippen LogP contribution in [0.5, 0.6) is 5.75 Å². The minimum absolute atomic E-state index is 0. The quantitative estimate of drug-likeness (QED) is 0.656. The molecule has 6 bridgehead atoms. The first kappa shape index (κ1) is 22.5. The van der Waals surface area contributed by atoms with Gasteiger partial charge in [-0.25, -0.2) is 9.97 Å². The van der Waals surface area contributed by atoms with E-state index >= 15 is 0 Å². The Bertz CT molecular complexity index is 1120. The van der Waals surface area contributed by atoms with E-state index in [0.29, 0.717) is 44.9 Å². The third-order valence-corrected chi connectivity index (χ3v) is 7.17. The Hall–Kier alpha value is -2.94. The van der Waals surface area contributed by atoms with Gasteiger partial charge in [0.25, 0.3) is 0 Å². The fraction of sp³-hybridized carbons (Fsp3) is 0.481. The van der Waals surface area contributed by atoms with Crippen molar-refractivity contribution in [2.24, 2.45) is 5.92 Å². The molecule has 0 spiro atoms. The maximum absolute atomic E-state index is 6.17.